The maximum Gasteiger partial charge on any atom is 0.255 e. The molecule has 0 saturated carbocycles. The Labute approximate surface area is 116 Å². The number of hydrogen-bond donors (Lipinski definition) is 1. The van der Waals surface area contributed by atoms with Gasteiger partial charge in [-0.2, -0.15) is 0 Å². The van der Waals surface area contributed by atoms with Crippen LogP contribution in [0.4, 0.5) is 4.39 Å². The smallest absolute Gasteiger partial charge is 0.255 e. The Balaban J connectivity index is 2.08. The highest BCUT2D eigenvalue weighted by Crippen LogP contribution is 2.19. The predicted octanol–water partition coefficient (Wildman–Crippen LogP) is 3.28. The lowest BCUT2D eigenvalue weighted by molar-refractivity contribution is 0.0946. The van der Waals surface area contributed by atoms with E-state index in [1.54, 1.807) is 18.3 Å². The third-order valence-electron chi connectivity index (χ3n) is 2.28. The summed E-state index contributed by atoms with van der Waals surface area (Å²) in [5.74, 6) is -0.978. The van der Waals surface area contributed by atoms with Crippen LogP contribution < -0.4 is 5.32 Å². The molecule has 1 aromatic carbocycles. The monoisotopic (exact) mass is 328 g/mol. The van der Waals surface area contributed by atoms with Crippen molar-refractivity contribution < 1.29 is 9.18 Å². The standard InChI is InChI=1S/C12H10BrFN2OS/c1-7-15-5-8(18-7)6-16-12(17)11-9(13)3-2-4-10(11)14/h2-5H,6H2,1H3,(H,16,17). The summed E-state index contributed by atoms with van der Waals surface area (Å²) in [6.45, 7) is 2.24. The Hall–Kier alpha value is -1.27. The molecule has 1 N–H and O–H groups in total. The summed E-state index contributed by atoms with van der Waals surface area (Å²) in [4.78, 5) is 16.9. The van der Waals surface area contributed by atoms with Gasteiger partial charge < -0.3 is 5.32 Å². The van der Waals surface area contributed by atoms with Crippen molar-refractivity contribution in [3.63, 3.8) is 0 Å². The highest BCUT2D eigenvalue weighted by Gasteiger charge is 2.15. The molecule has 1 heterocycles. The van der Waals surface area contributed by atoms with Crippen molar-refractivity contribution in [1.82, 2.24) is 10.3 Å². The molecule has 1 aromatic heterocycles. The molecule has 0 spiro atoms. The SMILES string of the molecule is Cc1ncc(CNC(=O)c2c(F)cccc2Br)s1. The number of aryl methyl sites for hydroxylation is 1. The van der Waals surface area contributed by atoms with Gasteiger partial charge in [0, 0.05) is 15.5 Å². The Kier molecular flexibility index (Phi) is 4.08. The van der Waals surface area contributed by atoms with Gasteiger partial charge in [0.25, 0.3) is 5.91 Å². The highest BCUT2D eigenvalue weighted by molar-refractivity contribution is 9.10. The first-order valence-electron chi connectivity index (χ1n) is 5.21. The van der Waals surface area contributed by atoms with Crippen LogP contribution in [-0.2, 0) is 6.54 Å². The van der Waals surface area contributed by atoms with Gasteiger partial charge in [0.15, 0.2) is 0 Å². The minimum Gasteiger partial charge on any atom is -0.347 e. The average Bonchev–Trinajstić information content (AvgIpc) is 2.72. The van der Waals surface area contributed by atoms with E-state index in [2.05, 4.69) is 26.2 Å². The van der Waals surface area contributed by atoms with E-state index in [0.29, 0.717) is 11.0 Å². The zero-order chi connectivity index (χ0) is 13.1. The molecule has 0 unspecified atom stereocenters. The van der Waals surface area contributed by atoms with Crippen LogP contribution in [0.3, 0.4) is 0 Å². The molecule has 3 nitrogen and oxygen atoms in total. The summed E-state index contributed by atoms with van der Waals surface area (Å²) in [6, 6.07) is 4.44. The molecule has 0 atom stereocenters. The summed E-state index contributed by atoms with van der Waals surface area (Å²) in [7, 11) is 0. The Bertz CT molecular complexity index is 565. The highest BCUT2D eigenvalue weighted by atomic mass is 79.9. The van der Waals surface area contributed by atoms with Gasteiger partial charge >= 0.3 is 0 Å². The number of nitrogens with one attached hydrogen (secondary N) is 1. The average molecular weight is 329 g/mol. The summed E-state index contributed by atoms with van der Waals surface area (Å²) in [5.41, 5.74) is 0.0266. The van der Waals surface area contributed by atoms with Gasteiger partial charge in [-0.15, -0.1) is 11.3 Å². The molecule has 94 valence electrons. The molecular formula is C12H10BrFN2OS. The molecule has 0 bridgehead atoms. The largest absolute Gasteiger partial charge is 0.347 e. The minimum absolute atomic E-state index is 0.0266. The second-order valence-corrected chi connectivity index (χ2v) is 5.80. The van der Waals surface area contributed by atoms with Gasteiger partial charge in [0.05, 0.1) is 17.1 Å². The number of amides is 1. The molecule has 0 aliphatic carbocycles. The maximum atomic E-state index is 13.5. The number of halogens is 2. The fraction of sp³-hybridized carbons (Fsp3) is 0.167. The zero-order valence-corrected chi connectivity index (χ0v) is 11.9. The number of thiazole rings is 1. The first-order valence-corrected chi connectivity index (χ1v) is 6.82. The molecule has 0 saturated heterocycles. The van der Waals surface area contributed by atoms with Gasteiger partial charge in [-0.25, -0.2) is 9.37 Å². The lowest BCUT2D eigenvalue weighted by Gasteiger charge is -2.06. The van der Waals surface area contributed by atoms with E-state index in [4.69, 9.17) is 0 Å². The lowest BCUT2D eigenvalue weighted by Crippen LogP contribution is -2.23. The number of aromatic nitrogens is 1. The van der Waals surface area contributed by atoms with E-state index in [1.807, 2.05) is 6.92 Å². The molecule has 0 aliphatic rings. The zero-order valence-electron chi connectivity index (χ0n) is 9.54. The topological polar surface area (TPSA) is 42.0 Å². The van der Waals surface area contributed by atoms with E-state index in [9.17, 15) is 9.18 Å². The number of benzene rings is 1. The summed E-state index contributed by atoms with van der Waals surface area (Å²) in [6.07, 6.45) is 1.71. The fourth-order valence-electron chi connectivity index (χ4n) is 1.46. The van der Waals surface area contributed by atoms with Gasteiger partial charge in [-0.1, -0.05) is 6.07 Å². The van der Waals surface area contributed by atoms with Gasteiger partial charge in [0.1, 0.15) is 5.82 Å². The molecule has 0 fully saturated rings. The van der Waals surface area contributed by atoms with Gasteiger partial charge in [0.2, 0.25) is 0 Å². The third-order valence-corrected chi connectivity index (χ3v) is 3.86. The van der Waals surface area contributed by atoms with E-state index >= 15 is 0 Å². The van der Waals surface area contributed by atoms with Crippen LogP contribution in [0, 0.1) is 12.7 Å². The van der Waals surface area contributed by atoms with Gasteiger partial charge in [-0.05, 0) is 35.0 Å². The van der Waals surface area contributed by atoms with Crippen LogP contribution in [-0.4, -0.2) is 10.9 Å². The van der Waals surface area contributed by atoms with Crippen LogP contribution in [0.25, 0.3) is 0 Å². The second-order valence-electron chi connectivity index (χ2n) is 3.62. The maximum absolute atomic E-state index is 13.5. The van der Waals surface area contributed by atoms with Crippen molar-refractivity contribution in [3.8, 4) is 0 Å². The number of carbonyl (C=O) groups excluding carboxylic acids is 1. The van der Waals surface area contributed by atoms with Crippen LogP contribution in [0.1, 0.15) is 20.2 Å². The van der Waals surface area contributed by atoms with E-state index in [0.717, 1.165) is 9.88 Å². The van der Waals surface area contributed by atoms with Gasteiger partial charge in [-0.3, -0.25) is 4.79 Å². The van der Waals surface area contributed by atoms with Crippen LogP contribution in [0.2, 0.25) is 0 Å². The van der Waals surface area contributed by atoms with Crippen LogP contribution >= 0.6 is 27.3 Å². The first kappa shape index (κ1) is 13.2. The first-order chi connectivity index (χ1) is 8.58. The lowest BCUT2D eigenvalue weighted by atomic mass is 10.2. The number of hydrogen-bond acceptors (Lipinski definition) is 3. The molecular weight excluding hydrogens is 319 g/mol. The molecule has 1 amide bonds. The number of nitrogens with zero attached hydrogens (tertiary/aromatic N) is 1. The quantitative estimate of drug-likeness (QED) is 0.939. The molecule has 0 aliphatic heterocycles. The van der Waals surface area contributed by atoms with Crippen molar-refractivity contribution in [2.45, 2.75) is 13.5 Å². The van der Waals surface area contributed by atoms with Crippen molar-refractivity contribution in [2.24, 2.45) is 0 Å². The summed E-state index contributed by atoms with van der Waals surface area (Å²) < 4.78 is 14.0. The number of rotatable bonds is 3. The molecule has 2 rings (SSSR count). The Morgan fingerprint density at radius 2 is 2.33 bits per heavy atom. The Morgan fingerprint density at radius 3 is 2.94 bits per heavy atom. The normalized spacial score (nSPS) is 10.4. The van der Waals surface area contributed by atoms with Crippen molar-refractivity contribution >= 4 is 33.2 Å². The van der Waals surface area contributed by atoms with E-state index < -0.39 is 11.7 Å². The van der Waals surface area contributed by atoms with E-state index in [-0.39, 0.29) is 5.56 Å². The fourth-order valence-corrected chi connectivity index (χ4v) is 2.71. The molecule has 18 heavy (non-hydrogen) atoms. The minimum atomic E-state index is -0.539. The molecule has 0 radical (unpaired) electrons. The molecule has 2 aromatic rings. The summed E-state index contributed by atoms with van der Waals surface area (Å²) in [5, 5.41) is 3.61. The summed E-state index contributed by atoms with van der Waals surface area (Å²) >= 11 is 4.67. The Morgan fingerprint density at radius 1 is 1.56 bits per heavy atom. The molecule has 6 heteroatoms. The van der Waals surface area contributed by atoms with Crippen molar-refractivity contribution in [1.29, 1.82) is 0 Å². The third kappa shape index (κ3) is 2.94. The van der Waals surface area contributed by atoms with E-state index in [1.165, 1.54) is 17.4 Å². The predicted molar refractivity (Wildman–Crippen MR) is 72.1 cm³/mol. The van der Waals surface area contributed by atoms with Crippen LogP contribution in [0.15, 0.2) is 28.9 Å². The van der Waals surface area contributed by atoms with Crippen LogP contribution in [0.5, 0.6) is 0 Å². The second kappa shape index (κ2) is 5.58. The number of carbonyl (C=O) groups is 1. The van der Waals surface area contributed by atoms with Crippen molar-refractivity contribution in [3.05, 3.63) is 50.1 Å². The van der Waals surface area contributed by atoms with Crippen molar-refractivity contribution in [2.75, 3.05) is 0 Å².